The molecular weight excluding hydrogens is 498 g/mol. The van der Waals surface area contributed by atoms with Crippen LogP contribution in [0.3, 0.4) is 0 Å². The largest absolute Gasteiger partial charge is 0.380 e. The third-order valence-corrected chi connectivity index (χ3v) is 7.89. The number of carbonyl (C=O) groups excluding carboxylic acids is 2. The molecule has 0 saturated carbocycles. The van der Waals surface area contributed by atoms with Crippen LogP contribution >= 0.6 is 11.3 Å². The number of likely N-dealkylation sites (tertiary alicyclic amines) is 1. The molecule has 38 heavy (non-hydrogen) atoms. The van der Waals surface area contributed by atoms with E-state index in [1.165, 1.54) is 17.4 Å². The Morgan fingerprint density at radius 1 is 1.13 bits per heavy atom. The van der Waals surface area contributed by atoms with E-state index in [0.29, 0.717) is 29.3 Å². The molecule has 6 heterocycles. The Morgan fingerprint density at radius 3 is 2.79 bits per heavy atom. The lowest BCUT2D eigenvalue weighted by molar-refractivity contribution is -0.127. The maximum atomic E-state index is 13.5. The minimum atomic E-state index is -0.281. The van der Waals surface area contributed by atoms with Gasteiger partial charge in [-0.2, -0.15) is 0 Å². The number of aromatic nitrogens is 3. The molecule has 2 N–H and O–H groups in total. The first kappa shape index (κ1) is 23.8. The molecule has 4 aromatic heterocycles. The quantitative estimate of drug-likeness (QED) is 0.338. The molecular formula is C28H25N7O2S. The Hall–Kier alpha value is -4.57. The van der Waals surface area contributed by atoms with E-state index in [0.717, 1.165) is 45.9 Å². The van der Waals surface area contributed by atoms with Crippen LogP contribution in [0.2, 0.25) is 0 Å². The molecule has 0 aromatic carbocycles. The Labute approximate surface area is 223 Å². The summed E-state index contributed by atoms with van der Waals surface area (Å²) in [7, 11) is 0. The molecule has 0 spiro atoms. The summed E-state index contributed by atoms with van der Waals surface area (Å²) in [6, 6.07) is 10.9. The Balaban J connectivity index is 1.33. The van der Waals surface area contributed by atoms with Crippen molar-refractivity contribution in [1.82, 2.24) is 25.2 Å². The van der Waals surface area contributed by atoms with Crippen LogP contribution in [0.5, 0.6) is 0 Å². The summed E-state index contributed by atoms with van der Waals surface area (Å²) in [6.45, 7) is 9.18. The molecule has 9 nitrogen and oxygen atoms in total. The van der Waals surface area contributed by atoms with E-state index in [4.69, 9.17) is 0 Å². The fourth-order valence-electron chi connectivity index (χ4n) is 5.00. The molecule has 2 aliphatic rings. The summed E-state index contributed by atoms with van der Waals surface area (Å²) in [6.07, 6.45) is 8.27. The maximum absolute atomic E-state index is 13.5. The van der Waals surface area contributed by atoms with Crippen LogP contribution in [0.25, 0.3) is 27.3 Å². The van der Waals surface area contributed by atoms with E-state index >= 15 is 0 Å². The van der Waals surface area contributed by atoms with Crippen LogP contribution in [0.1, 0.15) is 17.7 Å². The number of urea groups is 1. The zero-order chi connectivity index (χ0) is 26.2. The van der Waals surface area contributed by atoms with Gasteiger partial charge in [-0.3, -0.25) is 19.7 Å². The third kappa shape index (κ3) is 4.18. The number of amides is 3. The fraction of sp³-hybridized carbons (Fsp3) is 0.179. The molecule has 3 amide bonds. The summed E-state index contributed by atoms with van der Waals surface area (Å²) in [5, 5.41) is 7.42. The molecule has 10 heteroatoms. The van der Waals surface area contributed by atoms with Crippen LogP contribution < -0.4 is 15.5 Å². The minimum absolute atomic E-state index is 0.0580. The lowest BCUT2D eigenvalue weighted by atomic mass is 10.0. The molecule has 1 atom stereocenters. The number of thiophene rings is 1. The second kappa shape index (κ2) is 9.71. The van der Waals surface area contributed by atoms with Gasteiger partial charge in [0.1, 0.15) is 4.83 Å². The number of carbonyl (C=O) groups is 2. The smallest absolute Gasteiger partial charge is 0.331 e. The average molecular weight is 524 g/mol. The lowest BCUT2D eigenvalue weighted by Gasteiger charge is -2.33. The number of piperidine rings is 1. The maximum Gasteiger partial charge on any atom is 0.331 e. The van der Waals surface area contributed by atoms with Crippen molar-refractivity contribution in [2.75, 3.05) is 23.3 Å². The minimum Gasteiger partial charge on any atom is -0.380 e. The highest BCUT2D eigenvalue weighted by molar-refractivity contribution is 7.20. The van der Waals surface area contributed by atoms with E-state index < -0.39 is 0 Å². The van der Waals surface area contributed by atoms with Gasteiger partial charge in [0, 0.05) is 43.4 Å². The van der Waals surface area contributed by atoms with Crippen molar-refractivity contribution in [3.63, 3.8) is 0 Å². The molecule has 190 valence electrons. The van der Waals surface area contributed by atoms with Crippen LogP contribution in [0.15, 0.2) is 74.2 Å². The highest BCUT2D eigenvalue weighted by Crippen LogP contribution is 2.47. The van der Waals surface area contributed by atoms with Crippen LogP contribution in [-0.4, -0.2) is 50.9 Å². The predicted octanol–water partition coefficient (Wildman–Crippen LogP) is 5.17. The average Bonchev–Trinajstić information content (AvgIpc) is 3.33. The van der Waals surface area contributed by atoms with Crippen molar-refractivity contribution in [3.8, 4) is 11.4 Å². The van der Waals surface area contributed by atoms with Gasteiger partial charge in [0.05, 0.1) is 38.7 Å². The summed E-state index contributed by atoms with van der Waals surface area (Å²) in [4.78, 5) is 44.1. The van der Waals surface area contributed by atoms with Crippen molar-refractivity contribution < 1.29 is 9.59 Å². The van der Waals surface area contributed by atoms with Gasteiger partial charge in [0.2, 0.25) is 5.91 Å². The van der Waals surface area contributed by atoms with Gasteiger partial charge in [0.15, 0.2) is 0 Å². The molecule has 0 bridgehead atoms. The molecule has 1 unspecified atom stereocenters. The third-order valence-electron chi connectivity index (χ3n) is 6.74. The number of nitrogens with one attached hydrogen (secondary N) is 2. The van der Waals surface area contributed by atoms with Gasteiger partial charge in [-0.25, -0.2) is 9.78 Å². The molecule has 1 saturated heterocycles. The Kier molecular flexibility index (Phi) is 6.09. The SMILES string of the molecule is C=CC(=O)N1CCCC(NC(=C)c2sc3nccc4c3c2NC(=O)N4c2ccnc(-c3ccccn3)c2)C1. The zero-order valence-corrected chi connectivity index (χ0v) is 21.4. The predicted molar refractivity (Wildman–Crippen MR) is 150 cm³/mol. The number of hydrogen-bond donors (Lipinski definition) is 2. The number of anilines is 3. The van der Waals surface area contributed by atoms with Crippen molar-refractivity contribution in [2.24, 2.45) is 0 Å². The second-order valence-electron chi connectivity index (χ2n) is 9.15. The van der Waals surface area contributed by atoms with Crippen LogP contribution in [0.4, 0.5) is 21.9 Å². The summed E-state index contributed by atoms with van der Waals surface area (Å²) in [5.41, 5.74) is 4.20. The lowest BCUT2D eigenvalue weighted by Crippen LogP contribution is -2.46. The van der Waals surface area contributed by atoms with Gasteiger partial charge >= 0.3 is 6.03 Å². The van der Waals surface area contributed by atoms with Gasteiger partial charge in [-0.05, 0) is 49.2 Å². The number of hydrogen-bond acceptors (Lipinski definition) is 7. The first-order valence-electron chi connectivity index (χ1n) is 12.3. The highest BCUT2D eigenvalue weighted by Gasteiger charge is 2.32. The Bertz CT molecular complexity index is 1580. The molecule has 0 radical (unpaired) electrons. The van der Waals surface area contributed by atoms with Gasteiger partial charge in [-0.15, -0.1) is 11.3 Å². The van der Waals surface area contributed by atoms with E-state index in [-0.39, 0.29) is 18.0 Å². The van der Waals surface area contributed by atoms with Gasteiger partial charge in [-0.1, -0.05) is 19.2 Å². The summed E-state index contributed by atoms with van der Waals surface area (Å²) in [5.74, 6) is -0.0671. The molecule has 0 aliphatic carbocycles. The van der Waals surface area contributed by atoms with E-state index in [9.17, 15) is 9.59 Å². The van der Waals surface area contributed by atoms with Gasteiger partial charge in [0.25, 0.3) is 0 Å². The first-order valence-corrected chi connectivity index (χ1v) is 13.1. The summed E-state index contributed by atoms with van der Waals surface area (Å²) < 4.78 is 0. The van der Waals surface area contributed by atoms with Crippen molar-refractivity contribution >= 4 is 56.3 Å². The standard InChI is InChI=1S/C28H25N7O2S/c1-3-23(36)34-14-6-7-18(16-34)32-17(2)26-25-24-22(10-13-31-27(24)38-26)35(28(37)33-25)19-9-12-30-21(15-19)20-8-4-5-11-29-20/h3-5,8-13,15,18,32H,1-2,6-7,14,16H2,(H,33,37). The van der Waals surface area contributed by atoms with Crippen molar-refractivity contribution in [1.29, 1.82) is 0 Å². The monoisotopic (exact) mass is 523 g/mol. The van der Waals surface area contributed by atoms with E-state index in [2.05, 4.69) is 38.7 Å². The summed E-state index contributed by atoms with van der Waals surface area (Å²) >= 11 is 1.48. The number of pyridine rings is 3. The Morgan fingerprint density at radius 2 is 1.97 bits per heavy atom. The molecule has 1 fully saturated rings. The molecule has 6 rings (SSSR count). The topological polar surface area (TPSA) is 103 Å². The molecule has 2 aliphatic heterocycles. The number of rotatable bonds is 6. The normalized spacial score (nSPS) is 16.7. The van der Waals surface area contributed by atoms with E-state index in [1.807, 2.05) is 30.3 Å². The second-order valence-corrected chi connectivity index (χ2v) is 10.1. The number of nitrogens with zero attached hydrogens (tertiary/aromatic N) is 5. The highest BCUT2D eigenvalue weighted by atomic mass is 32.1. The first-order chi connectivity index (χ1) is 18.5. The van der Waals surface area contributed by atoms with Crippen molar-refractivity contribution in [3.05, 3.63) is 79.1 Å². The fourth-order valence-corrected chi connectivity index (χ4v) is 6.06. The zero-order valence-electron chi connectivity index (χ0n) is 20.6. The van der Waals surface area contributed by atoms with Crippen LogP contribution in [0, 0.1) is 0 Å². The van der Waals surface area contributed by atoms with Crippen LogP contribution in [-0.2, 0) is 4.79 Å². The van der Waals surface area contributed by atoms with Crippen molar-refractivity contribution in [2.45, 2.75) is 18.9 Å². The molecule has 4 aromatic rings. The van der Waals surface area contributed by atoms with Gasteiger partial charge < -0.3 is 15.5 Å². The van der Waals surface area contributed by atoms with E-state index in [1.54, 1.807) is 34.5 Å².